The number of carbonyl (C=O) groups excluding carboxylic acids is 1. The Morgan fingerprint density at radius 2 is 2.23 bits per heavy atom. The van der Waals surface area contributed by atoms with E-state index in [-0.39, 0.29) is 5.91 Å². The van der Waals surface area contributed by atoms with E-state index >= 15 is 0 Å². The van der Waals surface area contributed by atoms with Crippen molar-refractivity contribution >= 4 is 50.7 Å². The highest BCUT2D eigenvalue weighted by Gasteiger charge is 2.08. The van der Waals surface area contributed by atoms with Crippen LogP contribution in [0.1, 0.15) is 5.56 Å². The van der Waals surface area contributed by atoms with Crippen LogP contribution in [0.4, 0.5) is 11.5 Å². The molecule has 0 unspecified atom stereocenters. The lowest BCUT2D eigenvalue weighted by atomic mass is 10.3. The summed E-state index contributed by atoms with van der Waals surface area (Å²) >= 11 is 2.95. The van der Waals surface area contributed by atoms with Gasteiger partial charge in [-0.2, -0.15) is 0 Å². The summed E-state index contributed by atoms with van der Waals surface area (Å²) in [5.41, 5.74) is 8.43. The molecule has 0 saturated heterocycles. The number of anilines is 2. The van der Waals surface area contributed by atoms with Crippen LogP contribution >= 0.6 is 23.1 Å². The molecule has 0 aliphatic heterocycles. The third kappa shape index (κ3) is 3.55. The van der Waals surface area contributed by atoms with Gasteiger partial charge in [0.05, 0.1) is 16.0 Å². The molecule has 7 heteroatoms. The van der Waals surface area contributed by atoms with Gasteiger partial charge in [0.2, 0.25) is 5.91 Å². The fourth-order valence-electron chi connectivity index (χ4n) is 1.83. The molecule has 112 valence electrons. The predicted octanol–water partition coefficient (Wildman–Crippen LogP) is 3.31. The molecule has 5 nitrogen and oxygen atoms in total. The molecule has 0 aliphatic rings. The highest BCUT2D eigenvalue weighted by molar-refractivity contribution is 8.01. The first-order chi connectivity index (χ1) is 10.6. The van der Waals surface area contributed by atoms with Gasteiger partial charge >= 0.3 is 0 Å². The van der Waals surface area contributed by atoms with Crippen LogP contribution in [-0.2, 0) is 4.79 Å². The second-order valence-corrected chi connectivity index (χ2v) is 7.02. The van der Waals surface area contributed by atoms with Crippen LogP contribution in [0.2, 0.25) is 0 Å². The summed E-state index contributed by atoms with van der Waals surface area (Å²) in [5, 5.41) is 2.77. The minimum absolute atomic E-state index is 0.0971. The number of hydrogen-bond acceptors (Lipinski definition) is 6. The number of carbonyl (C=O) groups is 1. The van der Waals surface area contributed by atoms with Gasteiger partial charge in [0, 0.05) is 11.9 Å². The summed E-state index contributed by atoms with van der Waals surface area (Å²) in [7, 11) is 0. The average Bonchev–Trinajstić information content (AvgIpc) is 2.89. The summed E-state index contributed by atoms with van der Waals surface area (Å²) in [4.78, 5) is 20.5. The van der Waals surface area contributed by atoms with Gasteiger partial charge in [-0.25, -0.2) is 9.97 Å². The SMILES string of the molecule is Cc1ccc(NC(=O)CSc2nc3ccc(N)cc3s2)nc1. The maximum absolute atomic E-state index is 11.9. The maximum Gasteiger partial charge on any atom is 0.235 e. The number of thioether (sulfide) groups is 1. The number of rotatable bonds is 4. The Bertz CT molecular complexity index is 814. The van der Waals surface area contributed by atoms with Crippen molar-refractivity contribution in [2.75, 3.05) is 16.8 Å². The van der Waals surface area contributed by atoms with Gasteiger partial charge in [-0.3, -0.25) is 4.79 Å². The average molecular weight is 330 g/mol. The summed E-state index contributed by atoms with van der Waals surface area (Å²) in [6.07, 6.45) is 1.72. The molecule has 0 atom stereocenters. The van der Waals surface area contributed by atoms with E-state index in [1.54, 1.807) is 12.3 Å². The molecule has 1 aromatic carbocycles. The number of nitrogens with two attached hydrogens (primary N) is 1. The standard InChI is InChI=1S/C15H14N4OS2/c1-9-2-5-13(17-7-9)19-14(20)8-21-15-18-11-4-3-10(16)6-12(11)22-15/h2-7H,8,16H2,1H3,(H,17,19,20). The lowest BCUT2D eigenvalue weighted by molar-refractivity contribution is -0.113. The number of aromatic nitrogens is 2. The number of amides is 1. The summed E-state index contributed by atoms with van der Waals surface area (Å²) in [6, 6.07) is 9.31. The largest absolute Gasteiger partial charge is 0.399 e. The molecule has 3 N–H and O–H groups in total. The number of fused-ring (bicyclic) bond motifs is 1. The molecular weight excluding hydrogens is 316 g/mol. The quantitative estimate of drug-likeness (QED) is 0.566. The van der Waals surface area contributed by atoms with Crippen molar-refractivity contribution in [2.24, 2.45) is 0 Å². The van der Waals surface area contributed by atoms with Gasteiger partial charge in [-0.05, 0) is 36.8 Å². The summed E-state index contributed by atoms with van der Waals surface area (Å²) in [6.45, 7) is 1.95. The van der Waals surface area contributed by atoms with E-state index in [0.717, 1.165) is 25.8 Å². The van der Waals surface area contributed by atoms with Crippen molar-refractivity contribution in [1.29, 1.82) is 0 Å². The van der Waals surface area contributed by atoms with Gasteiger partial charge < -0.3 is 11.1 Å². The molecule has 0 spiro atoms. The number of hydrogen-bond donors (Lipinski definition) is 2. The van der Waals surface area contributed by atoms with E-state index in [0.29, 0.717) is 11.6 Å². The van der Waals surface area contributed by atoms with Gasteiger partial charge in [-0.15, -0.1) is 11.3 Å². The zero-order valence-corrected chi connectivity index (χ0v) is 13.5. The molecule has 0 fully saturated rings. The van der Waals surface area contributed by atoms with Crippen molar-refractivity contribution in [3.8, 4) is 0 Å². The molecule has 3 aromatic rings. The Morgan fingerprint density at radius 3 is 3.00 bits per heavy atom. The first-order valence-corrected chi connectivity index (χ1v) is 8.42. The van der Waals surface area contributed by atoms with Gasteiger partial charge in [0.1, 0.15) is 5.82 Å². The van der Waals surface area contributed by atoms with Crippen LogP contribution in [0.15, 0.2) is 40.9 Å². The maximum atomic E-state index is 11.9. The van der Waals surface area contributed by atoms with E-state index in [9.17, 15) is 4.79 Å². The Hall–Kier alpha value is -2.12. The smallest absolute Gasteiger partial charge is 0.235 e. The number of nitrogens with zero attached hydrogens (tertiary/aromatic N) is 2. The molecular formula is C15H14N4OS2. The number of pyridine rings is 1. The Kier molecular flexibility index (Phi) is 4.26. The number of thiazole rings is 1. The van der Waals surface area contributed by atoms with Gasteiger partial charge in [0.15, 0.2) is 4.34 Å². The number of nitrogen functional groups attached to an aromatic ring is 1. The predicted molar refractivity (Wildman–Crippen MR) is 92.4 cm³/mol. The fourth-order valence-corrected chi connectivity index (χ4v) is 3.75. The second-order valence-electron chi connectivity index (χ2n) is 4.76. The first-order valence-electron chi connectivity index (χ1n) is 6.61. The van der Waals surface area contributed by atoms with Crippen LogP contribution in [0, 0.1) is 6.92 Å². The van der Waals surface area contributed by atoms with Gasteiger partial charge in [0.25, 0.3) is 0 Å². The summed E-state index contributed by atoms with van der Waals surface area (Å²) < 4.78 is 1.88. The highest BCUT2D eigenvalue weighted by atomic mass is 32.2. The molecule has 0 bridgehead atoms. The molecule has 0 radical (unpaired) electrons. The van der Waals surface area contributed by atoms with Crippen LogP contribution in [0.3, 0.4) is 0 Å². The van der Waals surface area contributed by atoms with Crippen LogP contribution in [0.5, 0.6) is 0 Å². The number of aryl methyl sites for hydroxylation is 1. The topological polar surface area (TPSA) is 80.9 Å². The van der Waals surface area contributed by atoms with Crippen molar-refractivity contribution < 1.29 is 4.79 Å². The first kappa shape index (κ1) is 14.8. The monoisotopic (exact) mass is 330 g/mol. The third-order valence-electron chi connectivity index (χ3n) is 2.90. The van der Waals surface area contributed by atoms with Crippen LogP contribution < -0.4 is 11.1 Å². The van der Waals surface area contributed by atoms with Crippen LogP contribution in [0.25, 0.3) is 10.2 Å². The van der Waals surface area contributed by atoms with E-state index in [4.69, 9.17) is 5.73 Å². The third-order valence-corrected chi connectivity index (χ3v) is 5.06. The van der Waals surface area contributed by atoms with Crippen LogP contribution in [-0.4, -0.2) is 21.6 Å². The van der Waals surface area contributed by atoms with Crippen molar-refractivity contribution in [1.82, 2.24) is 9.97 Å². The fraction of sp³-hybridized carbons (Fsp3) is 0.133. The summed E-state index contributed by atoms with van der Waals surface area (Å²) in [5.74, 6) is 0.763. The second kappa shape index (κ2) is 6.33. The minimum Gasteiger partial charge on any atom is -0.399 e. The molecule has 22 heavy (non-hydrogen) atoms. The zero-order valence-electron chi connectivity index (χ0n) is 11.9. The molecule has 3 rings (SSSR count). The van der Waals surface area contributed by atoms with E-state index < -0.39 is 0 Å². The molecule has 2 heterocycles. The Balaban J connectivity index is 1.61. The Morgan fingerprint density at radius 1 is 1.36 bits per heavy atom. The number of nitrogens with one attached hydrogen (secondary N) is 1. The normalized spacial score (nSPS) is 10.8. The highest BCUT2D eigenvalue weighted by Crippen LogP contribution is 2.30. The lowest BCUT2D eigenvalue weighted by Gasteiger charge is -2.03. The molecule has 0 aliphatic carbocycles. The lowest BCUT2D eigenvalue weighted by Crippen LogP contribution is -2.14. The number of benzene rings is 1. The minimum atomic E-state index is -0.0971. The van der Waals surface area contributed by atoms with E-state index in [1.165, 1.54) is 23.1 Å². The van der Waals surface area contributed by atoms with Gasteiger partial charge in [-0.1, -0.05) is 17.8 Å². The molecule has 1 amide bonds. The van der Waals surface area contributed by atoms with E-state index in [1.807, 2.05) is 31.2 Å². The van der Waals surface area contributed by atoms with Crippen molar-refractivity contribution in [3.63, 3.8) is 0 Å². The Labute approximate surface area is 136 Å². The van der Waals surface area contributed by atoms with E-state index in [2.05, 4.69) is 15.3 Å². The van der Waals surface area contributed by atoms with Crippen molar-refractivity contribution in [2.45, 2.75) is 11.3 Å². The molecule has 2 aromatic heterocycles. The van der Waals surface area contributed by atoms with Crippen molar-refractivity contribution in [3.05, 3.63) is 42.1 Å². The zero-order chi connectivity index (χ0) is 15.5. The molecule has 0 saturated carbocycles.